The van der Waals surface area contributed by atoms with Crippen LogP contribution >= 0.6 is 0 Å². The monoisotopic (exact) mass is 380 g/mol. The van der Waals surface area contributed by atoms with Crippen molar-refractivity contribution in [1.82, 2.24) is 0 Å². The summed E-state index contributed by atoms with van der Waals surface area (Å²) in [6.45, 7) is 0.302. The lowest BCUT2D eigenvalue weighted by atomic mass is 9.84. The second kappa shape index (κ2) is 9.38. The maximum atomic E-state index is 11.8. The number of hydrogen-bond donors (Lipinski definition) is 3. The fraction of sp³-hybridized carbons (Fsp3) is 0.938. The van der Waals surface area contributed by atoms with Gasteiger partial charge in [-0.2, -0.15) is 8.42 Å². The van der Waals surface area contributed by atoms with E-state index in [0.29, 0.717) is 25.2 Å². The Morgan fingerprint density at radius 1 is 1.12 bits per heavy atom. The number of hydrogen-bond acceptors (Lipinski definition) is 7. The van der Waals surface area contributed by atoms with Gasteiger partial charge >= 0.3 is 10.4 Å². The molecule has 25 heavy (non-hydrogen) atoms. The lowest BCUT2D eigenvalue weighted by Gasteiger charge is -2.36. The molecule has 0 aliphatic heterocycles. The number of carbonyl (C=O) groups excluding carboxylic acids is 1. The zero-order chi connectivity index (χ0) is 18.4. The summed E-state index contributed by atoms with van der Waals surface area (Å²) in [5.74, 6) is 0.481. The summed E-state index contributed by atoms with van der Waals surface area (Å²) in [6, 6.07) is 0. The number of aliphatic hydroxyl groups is 2. The fourth-order valence-corrected chi connectivity index (χ4v) is 4.21. The Bertz CT molecular complexity index is 534. The third-order valence-electron chi connectivity index (χ3n) is 4.96. The first-order valence-electron chi connectivity index (χ1n) is 8.92. The van der Waals surface area contributed by atoms with Gasteiger partial charge in [0, 0.05) is 31.8 Å². The van der Waals surface area contributed by atoms with Crippen molar-refractivity contribution in [2.75, 3.05) is 6.61 Å². The number of aliphatic hydroxyl groups excluding tert-OH is 2. The molecule has 2 aliphatic rings. The van der Waals surface area contributed by atoms with Crippen LogP contribution in [0.3, 0.4) is 0 Å². The van der Waals surface area contributed by atoms with Crippen LogP contribution in [0, 0.1) is 5.92 Å². The van der Waals surface area contributed by atoms with Gasteiger partial charge in [0.15, 0.2) is 0 Å². The Kier molecular flexibility index (Phi) is 7.78. The second-order valence-electron chi connectivity index (χ2n) is 7.00. The van der Waals surface area contributed by atoms with Gasteiger partial charge in [0.05, 0.1) is 18.3 Å². The van der Waals surface area contributed by atoms with Crippen molar-refractivity contribution in [3.63, 3.8) is 0 Å². The highest BCUT2D eigenvalue weighted by Crippen LogP contribution is 2.27. The largest absolute Gasteiger partial charge is 0.397 e. The van der Waals surface area contributed by atoms with Gasteiger partial charge in [0.1, 0.15) is 11.9 Å². The first kappa shape index (κ1) is 20.7. The van der Waals surface area contributed by atoms with Crippen LogP contribution in [-0.2, 0) is 24.1 Å². The van der Waals surface area contributed by atoms with Gasteiger partial charge in [-0.25, -0.2) is 4.18 Å². The molecule has 0 aromatic heterocycles. The second-order valence-corrected chi connectivity index (χ2v) is 8.04. The minimum absolute atomic E-state index is 0.0379. The van der Waals surface area contributed by atoms with Gasteiger partial charge in [-0.1, -0.05) is 12.8 Å². The lowest BCUT2D eigenvalue weighted by molar-refractivity contribution is -0.131. The highest BCUT2D eigenvalue weighted by Gasteiger charge is 2.40. The normalized spacial score (nSPS) is 34.2. The summed E-state index contributed by atoms with van der Waals surface area (Å²) < 4.78 is 40.8. The minimum atomic E-state index is -4.72. The molecule has 0 spiro atoms. The Balaban J connectivity index is 1.75. The van der Waals surface area contributed by atoms with E-state index in [4.69, 9.17) is 9.29 Å². The average molecular weight is 380 g/mol. The third-order valence-corrected chi connectivity index (χ3v) is 5.42. The number of ketones is 1. The summed E-state index contributed by atoms with van der Waals surface area (Å²) in [5.41, 5.74) is 0. The maximum Gasteiger partial charge on any atom is 0.397 e. The molecular weight excluding hydrogens is 352 g/mol. The molecule has 0 heterocycles. The predicted molar refractivity (Wildman–Crippen MR) is 88.2 cm³/mol. The molecule has 0 amide bonds. The standard InChI is InChI=1S/C16H28O8S/c17-12-9-14(19)16(24-25(20,21)22)15(10-12)23-8-4-3-6-11-5-1-2-7-13(11)18/h11-12,14-17,19H,1-10H2,(H,20,21,22)/t11?,12-,14-,15-,16-/m1/s1. The van der Waals surface area contributed by atoms with Crippen molar-refractivity contribution in [3.05, 3.63) is 0 Å². The van der Waals surface area contributed by atoms with E-state index < -0.39 is 34.8 Å². The van der Waals surface area contributed by atoms with E-state index >= 15 is 0 Å². The van der Waals surface area contributed by atoms with Gasteiger partial charge in [0.2, 0.25) is 0 Å². The summed E-state index contributed by atoms with van der Waals surface area (Å²) in [4.78, 5) is 11.8. The molecule has 0 aromatic carbocycles. The van der Waals surface area contributed by atoms with E-state index in [-0.39, 0.29) is 18.8 Å². The Labute approximate surface area is 148 Å². The number of unbranched alkanes of at least 4 members (excludes halogenated alkanes) is 1. The first-order valence-corrected chi connectivity index (χ1v) is 10.3. The van der Waals surface area contributed by atoms with Gasteiger partial charge in [-0.15, -0.1) is 0 Å². The molecule has 0 bridgehead atoms. The minimum Gasteiger partial charge on any atom is -0.393 e. The molecule has 2 aliphatic carbocycles. The molecule has 0 aromatic rings. The number of ether oxygens (including phenoxy) is 1. The van der Waals surface area contributed by atoms with Crippen LogP contribution in [0.5, 0.6) is 0 Å². The quantitative estimate of drug-likeness (QED) is 0.420. The van der Waals surface area contributed by atoms with Gasteiger partial charge < -0.3 is 14.9 Å². The van der Waals surface area contributed by atoms with Gasteiger partial charge in [0.25, 0.3) is 0 Å². The molecule has 2 saturated carbocycles. The van der Waals surface area contributed by atoms with E-state index in [9.17, 15) is 23.4 Å². The van der Waals surface area contributed by atoms with E-state index in [0.717, 1.165) is 32.1 Å². The van der Waals surface area contributed by atoms with Crippen molar-refractivity contribution < 1.29 is 36.9 Å². The van der Waals surface area contributed by atoms with Crippen LogP contribution in [-0.4, -0.2) is 60.0 Å². The van der Waals surface area contributed by atoms with Crippen LogP contribution in [0.1, 0.15) is 57.8 Å². The predicted octanol–water partition coefficient (Wildman–Crippen LogP) is 1.00. The molecule has 9 heteroatoms. The molecule has 146 valence electrons. The van der Waals surface area contributed by atoms with Crippen LogP contribution in [0.2, 0.25) is 0 Å². The fourth-order valence-electron chi connectivity index (χ4n) is 3.68. The van der Waals surface area contributed by atoms with Gasteiger partial charge in [-0.3, -0.25) is 9.35 Å². The van der Waals surface area contributed by atoms with E-state index in [1.807, 2.05) is 0 Å². The molecule has 0 radical (unpaired) electrons. The Morgan fingerprint density at radius 3 is 2.56 bits per heavy atom. The molecule has 3 N–H and O–H groups in total. The number of Topliss-reactive ketones (excluding diaryl/α,β-unsaturated/α-hetero) is 1. The highest BCUT2D eigenvalue weighted by molar-refractivity contribution is 7.80. The molecule has 2 rings (SSSR count). The van der Waals surface area contributed by atoms with Crippen molar-refractivity contribution in [2.45, 2.75) is 82.2 Å². The van der Waals surface area contributed by atoms with E-state index in [1.54, 1.807) is 0 Å². The maximum absolute atomic E-state index is 11.8. The zero-order valence-corrected chi connectivity index (χ0v) is 15.1. The van der Waals surface area contributed by atoms with E-state index in [2.05, 4.69) is 4.18 Å². The summed E-state index contributed by atoms with van der Waals surface area (Å²) in [5, 5.41) is 19.6. The van der Waals surface area contributed by atoms with Gasteiger partial charge in [-0.05, 0) is 25.7 Å². The molecule has 1 unspecified atom stereocenters. The SMILES string of the molecule is O=C1CCCCC1CCCCO[C@@H]1C[C@H](O)C[C@@H](O)[C@H]1OS(=O)(=O)O. The van der Waals surface area contributed by atoms with E-state index in [1.165, 1.54) is 0 Å². The third kappa shape index (κ3) is 6.92. The Morgan fingerprint density at radius 2 is 1.88 bits per heavy atom. The van der Waals surface area contributed by atoms with Crippen LogP contribution < -0.4 is 0 Å². The summed E-state index contributed by atoms with van der Waals surface area (Å²) in [7, 11) is -4.72. The molecule has 2 fully saturated rings. The Hall–Kier alpha value is -0.580. The topological polar surface area (TPSA) is 130 Å². The van der Waals surface area contributed by atoms with Crippen LogP contribution in [0.4, 0.5) is 0 Å². The van der Waals surface area contributed by atoms with Crippen LogP contribution in [0.25, 0.3) is 0 Å². The summed E-state index contributed by atoms with van der Waals surface area (Å²) in [6.07, 6.45) is 2.00. The molecule has 8 nitrogen and oxygen atoms in total. The van der Waals surface area contributed by atoms with Crippen molar-refractivity contribution in [2.24, 2.45) is 5.92 Å². The molecule has 0 saturated heterocycles. The average Bonchev–Trinajstić information content (AvgIpc) is 2.51. The van der Waals surface area contributed by atoms with Crippen molar-refractivity contribution in [3.8, 4) is 0 Å². The zero-order valence-electron chi connectivity index (χ0n) is 14.2. The lowest BCUT2D eigenvalue weighted by Crippen LogP contribution is -2.49. The van der Waals surface area contributed by atoms with Crippen molar-refractivity contribution >= 4 is 16.2 Å². The highest BCUT2D eigenvalue weighted by atomic mass is 32.3. The molecular formula is C16H28O8S. The van der Waals surface area contributed by atoms with Crippen LogP contribution in [0.15, 0.2) is 0 Å². The number of rotatable bonds is 8. The molecule has 5 atom stereocenters. The number of carbonyl (C=O) groups is 1. The smallest absolute Gasteiger partial charge is 0.393 e. The first-order chi connectivity index (χ1) is 11.8. The van der Waals surface area contributed by atoms with Crippen molar-refractivity contribution in [1.29, 1.82) is 0 Å². The summed E-state index contributed by atoms with van der Waals surface area (Å²) >= 11 is 0.